The zero-order chi connectivity index (χ0) is 14.1. The van der Waals surface area contributed by atoms with E-state index in [-0.39, 0.29) is 18.4 Å². The molecule has 2 heterocycles. The maximum Gasteiger partial charge on any atom is 0.262 e. The van der Waals surface area contributed by atoms with E-state index in [1.165, 1.54) is 0 Å². The van der Waals surface area contributed by atoms with E-state index in [4.69, 9.17) is 4.74 Å². The van der Waals surface area contributed by atoms with Crippen LogP contribution in [0.2, 0.25) is 0 Å². The van der Waals surface area contributed by atoms with E-state index in [1.807, 2.05) is 6.92 Å². The van der Waals surface area contributed by atoms with Gasteiger partial charge in [-0.05, 0) is 25.1 Å². The van der Waals surface area contributed by atoms with Gasteiger partial charge < -0.3 is 15.4 Å². The van der Waals surface area contributed by atoms with Crippen molar-refractivity contribution in [1.82, 2.24) is 10.2 Å². The van der Waals surface area contributed by atoms with Crippen LogP contribution in [0, 0.1) is 6.92 Å². The van der Waals surface area contributed by atoms with Gasteiger partial charge in [-0.3, -0.25) is 14.7 Å². The smallest absolute Gasteiger partial charge is 0.262 e. The number of hydrogen-bond donors (Lipinski definition) is 3. The van der Waals surface area contributed by atoms with E-state index < -0.39 is 0 Å². The normalized spacial score (nSPS) is 13.2. The van der Waals surface area contributed by atoms with Crippen molar-refractivity contribution < 1.29 is 14.3 Å². The van der Waals surface area contributed by atoms with Gasteiger partial charge in [0.15, 0.2) is 6.61 Å². The first-order valence-corrected chi connectivity index (χ1v) is 6.01. The Morgan fingerprint density at radius 1 is 1.45 bits per heavy atom. The summed E-state index contributed by atoms with van der Waals surface area (Å²) in [7, 11) is 0. The van der Waals surface area contributed by atoms with Gasteiger partial charge in [0.05, 0.1) is 11.9 Å². The molecule has 7 heteroatoms. The van der Waals surface area contributed by atoms with Crippen LogP contribution in [0.4, 0.5) is 11.5 Å². The minimum Gasteiger partial charge on any atom is -0.482 e. The van der Waals surface area contributed by atoms with E-state index in [0.29, 0.717) is 22.8 Å². The van der Waals surface area contributed by atoms with Gasteiger partial charge in [-0.2, -0.15) is 5.10 Å². The molecule has 0 bridgehead atoms. The van der Waals surface area contributed by atoms with Gasteiger partial charge in [0.1, 0.15) is 11.6 Å². The first kappa shape index (κ1) is 12.2. The lowest BCUT2D eigenvalue weighted by atomic mass is 10.1. The molecule has 2 aromatic rings. The van der Waals surface area contributed by atoms with Crippen LogP contribution in [-0.2, 0) is 4.79 Å². The number of hydrogen-bond acceptors (Lipinski definition) is 4. The van der Waals surface area contributed by atoms with Crippen LogP contribution < -0.4 is 15.4 Å². The Balaban J connectivity index is 1.84. The maximum absolute atomic E-state index is 12.1. The Bertz CT molecular complexity index is 693. The number of nitrogens with one attached hydrogen (secondary N) is 3. The van der Waals surface area contributed by atoms with Crippen molar-refractivity contribution in [2.24, 2.45) is 0 Å². The molecule has 1 aromatic heterocycles. The molecule has 0 saturated carbocycles. The van der Waals surface area contributed by atoms with Crippen molar-refractivity contribution in [2.75, 3.05) is 17.2 Å². The molecule has 0 fully saturated rings. The lowest BCUT2D eigenvalue weighted by Crippen LogP contribution is -2.25. The number of aromatic nitrogens is 2. The van der Waals surface area contributed by atoms with Gasteiger partial charge in [-0.1, -0.05) is 0 Å². The van der Waals surface area contributed by atoms with E-state index in [0.717, 1.165) is 5.56 Å². The molecule has 0 saturated heterocycles. The Kier molecular flexibility index (Phi) is 2.86. The Labute approximate surface area is 114 Å². The van der Waals surface area contributed by atoms with Gasteiger partial charge in [-0.25, -0.2) is 0 Å². The van der Waals surface area contributed by atoms with Crippen LogP contribution in [0.5, 0.6) is 5.75 Å². The predicted molar refractivity (Wildman–Crippen MR) is 71.8 cm³/mol. The number of amides is 2. The molecule has 3 N–H and O–H groups in total. The molecule has 0 spiro atoms. The van der Waals surface area contributed by atoms with E-state index >= 15 is 0 Å². The standard InChI is InChI=1S/C13H12N4O3/c1-7-5-14-17-12(7)16-13(19)8-2-3-10-9(4-8)15-11(18)6-20-10/h2-5H,6H2,1H3,(H,15,18)(H2,14,16,17,19). The second-order valence-corrected chi connectivity index (χ2v) is 4.43. The summed E-state index contributed by atoms with van der Waals surface area (Å²) in [6, 6.07) is 4.87. The fraction of sp³-hybridized carbons (Fsp3) is 0.154. The van der Waals surface area contributed by atoms with Crippen molar-refractivity contribution in [3.05, 3.63) is 35.5 Å². The second kappa shape index (κ2) is 4.69. The summed E-state index contributed by atoms with van der Waals surface area (Å²) in [5.41, 5.74) is 1.76. The van der Waals surface area contributed by atoms with Crippen molar-refractivity contribution in [3.8, 4) is 5.75 Å². The van der Waals surface area contributed by atoms with Crippen LogP contribution in [0.3, 0.4) is 0 Å². The molecular formula is C13H12N4O3. The maximum atomic E-state index is 12.1. The average molecular weight is 272 g/mol. The quantitative estimate of drug-likeness (QED) is 0.767. The number of benzene rings is 1. The lowest BCUT2D eigenvalue weighted by Gasteiger charge is -2.18. The zero-order valence-corrected chi connectivity index (χ0v) is 10.7. The first-order valence-electron chi connectivity index (χ1n) is 6.01. The van der Waals surface area contributed by atoms with Crippen molar-refractivity contribution in [1.29, 1.82) is 0 Å². The van der Waals surface area contributed by atoms with Gasteiger partial charge >= 0.3 is 0 Å². The van der Waals surface area contributed by atoms with Crippen LogP contribution in [-0.4, -0.2) is 28.6 Å². The van der Waals surface area contributed by atoms with E-state index in [2.05, 4.69) is 20.8 Å². The highest BCUT2D eigenvalue weighted by molar-refractivity contribution is 6.06. The Hall–Kier alpha value is -2.83. The van der Waals surface area contributed by atoms with Gasteiger partial charge in [-0.15, -0.1) is 0 Å². The summed E-state index contributed by atoms with van der Waals surface area (Å²) < 4.78 is 5.24. The minimum absolute atomic E-state index is 0.00805. The fourth-order valence-corrected chi connectivity index (χ4v) is 1.88. The monoisotopic (exact) mass is 272 g/mol. The molecular weight excluding hydrogens is 260 g/mol. The number of aromatic amines is 1. The minimum atomic E-state index is -0.292. The third-order valence-electron chi connectivity index (χ3n) is 2.94. The number of anilines is 2. The molecule has 0 unspecified atom stereocenters. The van der Waals surface area contributed by atoms with Crippen LogP contribution in [0.25, 0.3) is 0 Å². The highest BCUT2D eigenvalue weighted by Crippen LogP contribution is 2.28. The molecule has 0 radical (unpaired) electrons. The summed E-state index contributed by atoms with van der Waals surface area (Å²) in [6.07, 6.45) is 1.62. The van der Waals surface area contributed by atoms with Crippen molar-refractivity contribution >= 4 is 23.3 Å². The summed E-state index contributed by atoms with van der Waals surface area (Å²) >= 11 is 0. The Morgan fingerprint density at radius 2 is 2.30 bits per heavy atom. The Morgan fingerprint density at radius 3 is 3.05 bits per heavy atom. The summed E-state index contributed by atoms with van der Waals surface area (Å²) in [5, 5.41) is 11.9. The topological polar surface area (TPSA) is 96.1 Å². The number of nitrogens with zero attached hydrogens (tertiary/aromatic N) is 1. The van der Waals surface area contributed by atoms with Crippen LogP contribution in [0.15, 0.2) is 24.4 Å². The predicted octanol–water partition coefficient (Wildman–Crippen LogP) is 1.30. The number of carbonyl (C=O) groups excluding carboxylic acids is 2. The van der Waals surface area contributed by atoms with Crippen LogP contribution in [0.1, 0.15) is 15.9 Å². The first-order chi connectivity index (χ1) is 9.63. The highest BCUT2D eigenvalue weighted by atomic mass is 16.5. The van der Waals surface area contributed by atoms with Crippen molar-refractivity contribution in [3.63, 3.8) is 0 Å². The molecule has 20 heavy (non-hydrogen) atoms. The molecule has 1 aliphatic rings. The van der Waals surface area contributed by atoms with E-state index in [1.54, 1.807) is 24.4 Å². The molecule has 3 rings (SSSR count). The fourth-order valence-electron chi connectivity index (χ4n) is 1.88. The zero-order valence-electron chi connectivity index (χ0n) is 10.7. The number of carbonyl (C=O) groups is 2. The number of rotatable bonds is 2. The average Bonchev–Trinajstić information content (AvgIpc) is 2.83. The van der Waals surface area contributed by atoms with Gasteiger partial charge in [0.2, 0.25) is 0 Å². The highest BCUT2D eigenvalue weighted by Gasteiger charge is 2.18. The van der Waals surface area contributed by atoms with Crippen molar-refractivity contribution in [2.45, 2.75) is 6.92 Å². The van der Waals surface area contributed by atoms with E-state index in [9.17, 15) is 9.59 Å². The second-order valence-electron chi connectivity index (χ2n) is 4.43. The molecule has 1 aliphatic heterocycles. The molecule has 7 nitrogen and oxygen atoms in total. The van der Waals surface area contributed by atoms with Crippen LogP contribution >= 0.6 is 0 Å². The van der Waals surface area contributed by atoms with Gasteiger partial charge in [0, 0.05) is 11.1 Å². The third kappa shape index (κ3) is 2.20. The summed E-state index contributed by atoms with van der Waals surface area (Å²) in [5.74, 6) is 0.575. The third-order valence-corrected chi connectivity index (χ3v) is 2.94. The summed E-state index contributed by atoms with van der Waals surface area (Å²) in [4.78, 5) is 23.4. The molecule has 2 amide bonds. The summed E-state index contributed by atoms with van der Waals surface area (Å²) in [6.45, 7) is 1.83. The number of aryl methyl sites for hydroxylation is 1. The molecule has 1 aromatic carbocycles. The number of fused-ring (bicyclic) bond motifs is 1. The molecule has 102 valence electrons. The molecule has 0 atom stereocenters. The SMILES string of the molecule is Cc1cn[nH]c1NC(=O)c1ccc2c(c1)NC(=O)CO2. The number of H-pyrrole nitrogens is 1. The lowest BCUT2D eigenvalue weighted by molar-refractivity contribution is -0.118. The van der Waals surface area contributed by atoms with Gasteiger partial charge in [0.25, 0.3) is 11.8 Å². The number of ether oxygens (including phenoxy) is 1. The molecule has 0 aliphatic carbocycles. The largest absolute Gasteiger partial charge is 0.482 e.